The SMILES string of the molecule is Cc1cc2ccccc2[n+](CC(=O)c2ccccc2)c1C1CCCC1. The van der Waals surface area contributed by atoms with Crippen LogP contribution in [0.5, 0.6) is 0 Å². The highest BCUT2D eigenvalue weighted by Crippen LogP contribution is 2.35. The summed E-state index contributed by atoms with van der Waals surface area (Å²) >= 11 is 0. The van der Waals surface area contributed by atoms with Crippen LogP contribution < -0.4 is 4.57 Å². The Morgan fingerprint density at radius 2 is 1.68 bits per heavy atom. The third-order valence-corrected chi connectivity index (χ3v) is 5.43. The fraction of sp³-hybridized carbons (Fsp3) is 0.304. The molecule has 1 saturated carbocycles. The van der Waals surface area contributed by atoms with Gasteiger partial charge in [-0.25, -0.2) is 0 Å². The first-order valence-corrected chi connectivity index (χ1v) is 9.24. The van der Waals surface area contributed by atoms with Crippen LogP contribution in [0.1, 0.15) is 53.2 Å². The molecule has 0 atom stereocenters. The molecule has 0 aliphatic heterocycles. The summed E-state index contributed by atoms with van der Waals surface area (Å²) < 4.78 is 2.29. The summed E-state index contributed by atoms with van der Waals surface area (Å²) in [4.78, 5) is 12.9. The molecule has 0 radical (unpaired) electrons. The van der Waals surface area contributed by atoms with E-state index in [0.29, 0.717) is 12.5 Å². The van der Waals surface area contributed by atoms with Crippen molar-refractivity contribution in [1.29, 1.82) is 0 Å². The number of aromatic nitrogens is 1. The maximum atomic E-state index is 12.9. The number of pyridine rings is 1. The van der Waals surface area contributed by atoms with Crippen LogP contribution >= 0.6 is 0 Å². The van der Waals surface area contributed by atoms with Crippen LogP contribution in [0.25, 0.3) is 10.9 Å². The number of Topliss-reactive ketones (excluding diaryl/α,β-unsaturated/α-hetero) is 1. The lowest BCUT2D eigenvalue weighted by atomic mass is 9.96. The van der Waals surface area contributed by atoms with Gasteiger partial charge in [0.2, 0.25) is 17.8 Å². The third-order valence-electron chi connectivity index (χ3n) is 5.43. The van der Waals surface area contributed by atoms with Crippen LogP contribution in [0.4, 0.5) is 0 Å². The molecular weight excluding hydrogens is 306 g/mol. The van der Waals surface area contributed by atoms with Crippen LogP contribution in [0.2, 0.25) is 0 Å². The Kier molecular flexibility index (Phi) is 4.35. The fourth-order valence-corrected chi connectivity index (χ4v) is 4.28. The number of fused-ring (bicyclic) bond motifs is 1. The molecule has 1 aliphatic carbocycles. The first kappa shape index (κ1) is 16.0. The zero-order chi connectivity index (χ0) is 17.2. The molecule has 2 nitrogen and oxygen atoms in total. The second kappa shape index (κ2) is 6.79. The summed E-state index contributed by atoms with van der Waals surface area (Å²) in [5.74, 6) is 0.758. The van der Waals surface area contributed by atoms with Crippen LogP contribution in [0, 0.1) is 6.92 Å². The Bertz CT molecular complexity index is 908. The van der Waals surface area contributed by atoms with E-state index in [1.165, 1.54) is 47.8 Å². The predicted octanol–water partition coefficient (Wildman–Crippen LogP) is 4.98. The molecule has 25 heavy (non-hydrogen) atoms. The molecule has 1 aromatic heterocycles. The molecule has 1 heterocycles. The van der Waals surface area contributed by atoms with Gasteiger partial charge in [0.1, 0.15) is 0 Å². The van der Waals surface area contributed by atoms with Gasteiger partial charge in [-0.1, -0.05) is 55.3 Å². The number of hydrogen-bond acceptors (Lipinski definition) is 1. The molecule has 0 amide bonds. The van der Waals surface area contributed by atoms with E-state index in [1.54, 1.807) is 0 Å². The predicted molar refractivity (Wildman–Crippen MR) is 101 cm³/mol. The molecule has 0 N–H and O–H groups in total. The minimum absolute atomic E-state index is 0.181. The van der Waals surface area contributed by atoms with Gasteiger partial charge in [-0.2, -0.15) is 4.57 Å². The number of carbonyl (C=O) groups is 1. The maximum Gasteiger partial charge on any atom is 0.227 e. The Morgan fingerprint density at radius 3 is 2.44 bits per heavy atom. The number of benzene rings is 2. The number of nitrogens with zero attached hydrogens (tertiary/aromatic N) is 1. The molecule has 4 rings (SSSR count). The Morgan fingerprint density at radius 1 is 1.00 bits per heavy atom. The zero-order valence-corrected chi connectivity index (χ0v) is 14.7. The molecular formula is C23H24NO+. The van der Waals surface area contributed by atoms with Gasteiger partial charge in [-0.3, -0.25) is 4.79 Å². The lowest BCUT2D eigenvalue weighted by Gasteiger charge is -2.14. The number of hydrogen-bond donors (Lipinski definition) is 0. The topological polar surface area (TPSA) is 20.9 Å². The smallest absolute Gasteiger partial charge is 0.227 e. The summed E-state index contributed by atoms with van der Waals surface area (Å²) in [7, 11) is 0. The molecule has 1 fully saturated rings. The molecule has 2 heteroatoms. The standard InChI is InChI=1S/C23H24NO/c1-17-15-20-13-7-8-14-21(20)24(23(17)19-11-5-6-12-19)16-22(25)18-9-3-2-4-10-18/h2-4,7-10,13-15,19H,5-6,11-12,16H2,1H3/q+1. The molecule has 3 aromatic rings. The molecule has 0 spiro atoms. The number of carbonyl (C=O) groups excluding carboxylic acids is 1. The van der Waals surface area contributed by atoms with Crippen molar-refractivity contribution in [3.05, 3.63) is 77.5 Å². The van der Waals surface area contributed by atoms with Crippen molar-refractivity contribution in [2.75, 3.05) is 0 Å². The summed E-state index contributed by atoms with van der Waals surface area (Å²) in [5, 5.41) is 1.21. The van der Waals surface area contributed by atoms with Gasteiger partial charge < -0.3 is 0 Å². The number of aryl methyl sites for hydroxylation is 1. The van der Waals surface area contributed by atoms with E-state index in [2.05, 4.69) is 41.8 Å². The van der Waals surface area contributed by atoms with Crippen molar-refractivity contribution < 1.29 is 9.36 Å². The second-order valence-corrected chi connectivity index (χ2v) is 7.13. The first-order valence-electron chi connectivity index (χ1n) is 9.24. The third kappa shape index (κ3) is 3.09. The lowest BCUT2D eigenvalue weighted by Crippen LogP contribution is -2.44. The van der Waals surface area contributed by atoms with E-state index >= 15 is 0 Å². The van der Waals surface area contributed by atoms with Crippen LogP contribution in [0.15, 0.2) is 60.7 Å². The average Bonchev–Trinajstić information content (AvgIpc) is 3.16. The summed E-state index contributed by atoms with van der Waals surface area (Å²) in [6, 6.07) is 20.4. The van der Waals surface area contributed by atoms with E-state index in [9.17, 15) is 4.79 Å². The number of para-hydroxylation sites is 1. The van der Waals surface area contributed by atoms with E-state index in [1.807, 2.05) is 30.3 Å². The van der Waals surface area contributed by atoms with Gasteiger partial charge in [-0.05, 0) is 31.9 Å². The second-order valence-electron chi connectivity index (χ2n) is 7.13. The average molecular weight is 330 g/mol. The summed E-state index contributed by atoms with van der Waals surface area (Å²) in [5.41, 5.74) is 4.63. The number of rotatable bonds is 4. The van der Waals surface area contributed by atoms with E-state index < -0.39 is 0 Å². The van der Waals surface area contributed by atoms with Gasteiger partial charge in [0, 0.05) is 28.5 Å². The van der Waals surface area contributed by atoms with Gasteiger partial charge >= 0.3 is 0 Å². The minimum atomic E-state index is 0.181. The van der Waals surface area contributed by atoms with Crippen molar-refractivity contribution in [1.82, 2.24) is 0 Å². The van der Waals surface area contributed by atoms with Crippen molar-refractivity contribution >= 4 is 16.7 Å². The quantitative estimate of drug-likeness (QED) is 0.488. The maximum absolute atomic E-state index is 12.9. The van der Waals surface area contributed by atoms with E-state index in [-0.39, 0.29) is 5.78 Å². The zero-order valence-electron chi connectivity index (χ0n) is 14.7. The van der Waals surface area contributed by atoms with Crippen molar-refractivity contribution in [2.45, 2.75) is 45.1 Å². The lowest BCUT2D eigenvalue weighted by molar-refractivity contribution is -0.666. The number of ketones is 1. The molecule has 126 valence electrons. The van der Waals surface area contributed by atoms with Crippen molar-refractivity contribution in [3.63, 3.8) is 0 Å². The van der Waals surface area contributed by atoms with Gasteiger partial charge in [0.15, 0.2) is 5.69 Å². The van der Waals surface area contributed by atoms with Crippen LogP contribution in [0.3, 0.4) is 0 Å². The minimum Gasteiger partial charge on any atom is -0.287 e. The fourth-order valence-electron chi connectivity index (χ4n) is 4.28. The first-order chi connectivity index (χ1) is 12.2. The van der Waals surface area contributed by atoms with Crippen LogP contribution in [-0.4, -0.2) is 5.78 Å². The highest BCUT2D eigenvalue weighted by atomic mass is 16.1. The molecule has 0 bridgehead atoms. The van der Waals surface area contributed by atoms with Gasteiger partial charge in [0.05, 0.1) is 0 Å². The highest BCUT2D eigenvalue weighted by molar-refractivity contribution is 5.95. The summed E-state index contributed by atoms with van der Waals surface area (Å²) in [6.07, 6.45) is 5.06. The van der Waals surface area contributed by atoms with E-state index in [4.69, 9.17) is 0 Å². The molecule has 0 saturated heterocycles. The van der Waals surface area contributed by atoms with E-state index in [0.717, 1.165) is 5.56 Å². The Hall–Kier alpha value is -2.48. The monoisotopic (exact) mass is 330 g/mol. The normalized spacial score (nSPS) is 14.9. The van der Waals surface area contributed by atoms with Gasteiger partial charge in [-0.15, -0.1) is 0 Å². The highest BCUT2D eigenvalue weighted by Gasteiger charge is 2.30. The molecule has 2 aromatic carbocycles. The Labute approximate surface area is 149 Å². The molecule has 1 aliphatic rings. The molecule has 0 unspecified atom stereocenters. The van der Waals surface area contributed by atoms with Crippen molar-refractivity contribution in [2.24, 2.45) is 0 Å². The Balaban J connectivity index is 1.84. The summed E-state index contributed by atoms with van der Waals surface area (Å²) in [6.45, 7) is 2.61. The van der Waals surface area contributed by atoms with Gasteiger partial charge in [0.25, 0.3) is 0 Å². The van der Waals surface area contributed by atoms with Crippen LogP contribution in [-0.2, 0) is 6.54 Å². The largest absolute Gasteiger partial charge is 0.287 e. The van der Waals surface area contributed by atoms with Crippen molar-refractivity contribution in [3.8, 4) is 0 Å².